The lowest BCUT2D eigenvalue weighted by atomic mass is 9.55. The zero-order valence-electron chi connectivity index (χ0n) is 38.1. The van der Waals surface area contributed by atoms with Crippen LogP contribution in [0.15, 0.2) is 139 Å². The quantitative estimate of drug-likeness (QED) is 0.0235. The number of benzene rings is 5. The Morgan fingerprint density at radius 1 is 0.926 bits per heavy atom. The van der Waals surface area contributed by atoms with E-state index < -0.39 is 28.8 Å². The van der Waals surface area contributed by atoms with Gasteiger partial charge in [0.05, 0.1) is 29.7 Å². The number of non-ortho nitro benzene ring substituents is 1. The lowest BCUT2D eigenvalue weighted by Gasteiger charge is -2.59. The smallest absolute Gasteiger partial charge is 0.416 e. The number of aldehydes is 1. The number of nitro groups is 1. The van der Waals surface area contributed by atoms with Crippen LogP contribution in [0.25, 0.3) is 10.8 Å². The molecule has 1 aliphatic heterocycles. The van der Waals surface area contributed by atoms with Gasteiger partial charge in [-0.15, -0.1) is 6.58 Å². The van der Waals surface area contributed by atoms with Crippen molar-refractivity contribution in [2.24, 2.45) is 22.9 Å². The van der Waals surface area contributed by atoms with Gasteiger partial charge in [0.1, 0.15) is 41.9 Å². The van der Waals surface area contributed by atoms with E-state index in [9.17, 15) is 25.1 Å². The number of carbonyl (C=O) groups excluding carboxylic acids is 2. The van der Waals surface area contributed by atoms with Crippen LogP contribution in [-0.4, -0.2) is 76.4 Å². The Hall–Kier alpha value is -6.87. The monoisotopic (exact) mass is 923 g/mol. The molecule has 0 saturated heterocycles. The van der Waals surface area contributed by atoms with E-state index in [2.05, 4.69) is 12.7 Å². The molecule has 8 rings (SSSR count). The molecule has 0 bridgehead atoms. The van der Waals surface area contributed by atoms with Crippen molar-refractivity contribution in [2.75, 3.05) is 26.4 Å². The van der Waals surface area contributed by atoms with Crippen LogP contribution in [0.2, 0.25) is 0 Å². The maximum absolute atomic E-state index is 15.2. The molecule has 14 nitrogen and oxygen atoms in total. The van der Waals surface area contributed by atoms with E-state index in [0.717, 1.165) is 59.4 Å². The number of nitro benzene ring substituents is 1. The van der Waals surface area contributed by atoms with Crippen molar-refractivity contribution in [3.63, 3.8) is 0 Å². The number of hydrogen-bond acceptors (Lipinski definition) is 12. The molecule has 5 aromatic carbocycles. The largest absolute Gasteiger partial charge is 0.459 e. The van der Waals surface area contributed by atoms with Crippen molar-refractivity contribution in [1.82, 2.24) is 4.90 Å². The Morgan fingerprint density at radius 2 is 1.66 bits per heavy atom. The average molecular weight is 924 g/mol. The maximum atomic E-state index is 15.2. The Morgan fingerprint density at radius 3 is 2.41 bits per heavy atom. The second-order valence-corrected chi connectivity index (χ2v) is 17.4. The van der Waals surface area contributed by atoms with Crippen molar-refractivity contribution >= 4 is 34.6 Å². The number of oxime groups is 1. The Bertz CT molecular complexity index is 2660. The highest BCUT2D eigenvalue weighted by Gasteiger charge is 2.66. The molecular formula is C54H57N3O11. The van der Waals surface area contributed by atoms with Gasteiger partial charge in [-0.3, -0.25) is 19.8 Å². The van der Waals surface area contributed by atoms with Crippen molar-refractivity contribution in [2.45, 2.75) is 76.2 Å². The van der Waals surface area contributed by atoms with Gasteiger partial charge in [-0.05, 0) is 109 Å². The molecule has 0 radical (unpaired) electrons. The second kappa shape index (κ2) is 21.8. The minimum atomic E-state index is -1.60. The zero-order chi connectivity index (χ0) is 47.6. The van der Waals surface area contributed by atoms with Crippen molar-refractivity contribution in [3.8, 4) is 23.0 Å². The molecule has 0 aromatic heterocycles. The summed E-state index contributed by atoms with van der Waals surface area (Å²) < 4.78 is 27.2. The van der Waals surface area contributed by atoms with Gasteiger partial charge in [0.25, 0.3) is 5.69 Å². The molecule has 5 aromatic rings. The summed E-state index contributed by atoms with van der Waals surface area (Å²) in [7, 11) is 0. The van der Waals surface area contributed by atoms with E-state index in [1.807, 2.05) is 67.6 Å². The molecule has 1 saturated carbocycles. The van der Waals surface area contributed by atoms with Crippen LogP contribution < -0.4 is 14.2 Å². The average Bonchev–Trinajstić information content (AvgIpc) is 3.35. The second-order valence-electron chi connectivity index (χ2n) is 17.4. The number of rotatable bonds is 21. The minimum absolute atomic E-state index is 0.00402. The molecule has 1 fully saturated rings. The number of aliphatic hydroxyl groups excluding tert-OH is 2. The lowest BCUT2D eigenvalue weighted by Crippen LogP contribution is -2.70. The number of hydrogen-bond donors (Lipinski definition) is 2. The first-order valence-electron chi connectivity index (χ1n) is 23.3. The highest BCUT2D eigenvalue weighted by molar-refractivity contribution is 6.03. The summed E-state index contributed by atoms with van der Waals surface area (Å²) >= 11 is 0. The van der Waals surface area contributed by atoms with Crippen LogP contribution in [0.1, 0.15) is 79.3 Å². The third-order valence-electron chi connectivity index (χ3n) is 13.3. The molecule has 14 heteroatoms. The highest BCUT2D eigenvalue weighted by atomic mass is 16.7. The number of ether oxygens (including phenoxy) is 4. The zero-order valence-corrected chi connectivity index (χ0v) is 38.1. The van der Waals surface area contributed by atoms with E-state index in [0.29, 0.717) is 41.4 Å². The van der Waals surface area contributed by atoms with E-state index in [4.69, 9.17) is 28.9 Å². The number of amides is 1. The first kappa shape index (κ1) is 47.6. The van der Waals surface area contributed by atoms with Gasteiger partial charge < -0.3 is 34.0 Å². The first-order chi connectivity index (χ1) is 33.2. The molecule has 0 unspecified atom stereocenters. The van der Waals surface area contributed by atoms with Crippen molar-refractivity contribution < 1.29 is 48.5 Å². The molecule has 3 aliphatic rings. The van der Waals surface area contributed by atoms with E-state index in [1.54, 1.807) is 35.2 Å². The number of allylic oxidation sites excluding steroid dienone is 1. The molecule has 6 atom stereocenters. The fraction of sp³-hybridized carbons (Fsp3) is 0.352. The van der Waals surface area contributed by atoms with Crippen LogP contribution in [0.3, 0.4) is 0 Å². The van der Waals surface area contributed by atoms with Gasteiger partial charge in [0, 0.05) is 48.8 Å². The van der Waals surface area contributed by atoms with Gasteiger partial charge in [-0.25, -0.2) is 4.79 Å². The fourth-order valence-electron chi connectivity index (χ4n) is 10.4. The summed E-state index contributed by atoms with van der Waals surface area (Å²) in [5.41, 5.74) is 3.48. The van der Waals surface area contributed by atoms with Gasteiger partial charge in [0.15, 0.2) is 0 Å². The van der Waals surface area contributed by atoms with Gasteiger partial charge >= 0.3 is 6.09 Å². The van der Waals surface area contributed by atoms with Gasteiger partial charge in [0.2, 0.25) is 5.79 Å². The topological polar surface area (TPSA) is 179 Å². The summed E-state index contributed by atoms with van der Waals surface area (Å²) in [6, 6.07) is 30.9. The van der Waals surface area contributed by atoms with Crippen LogP contribution in [0, 0.1) is 27.9 Å². The maximum Gasteiger partial charge on any atom is 0.416 e. The van der Waals surface area contributed by atoms with E-state index in [1.165, 1.54) is 24.3 Å². The number of fused-ring (bicyclic) bond motifs is 3. The minimum Gasteiger partial charge on any atom is -0.459 e. The van der Waals surface area contributed by atoms with Gasteiger partial charge in [-0.1, -0.05) is 84.7 Å². The number of aliphatic hydroxyl groups is 2. The number of nitrogens with zero attached hydrogens (tertiary/aromatic N) is 3. The van der Waals surface area contributed by atoms with Crippen LogP contribution in [0.4, 0.5) is 10.5 Å². The van der Waals surface area contributed by atoms with E-state index >= 15 is 4.79 Å². The summed E-state index contributed by atoms with van der Waals surface area (Å²) in [5.74, 6) is -0.974. The normalized spacial score (nSPS) is 22.0. The van der Waals surface area contributed by atoms with Crippen molar-refractivity contribution in [1.29, 1.82) is 0 Å². The standard InChI is InChI=1S/C54H57N3O11/c1-3-29-64-54-50(56(34-39-17-12-16-37-14-5-6-19-44(37)39)53(61)67-41-23-21-40(22-24-41)57(62)63)33-48(55-65-4-2)46-31-38(15-7-9-27-58)45(20-8-10-28-59)51(52(46)54)47-32-43(25-26-49(47)68-54)66-42-18-11-13-36(30-42)35-60/h3,5-6,11-14,16-19,21-26,30-32,35,38,45,50-52,58-59H,1,4,7-10,15,20,27-29,33-34H2,2H3/t38-,45+,50-,51+,52+,54+/m0/s1. The first-order valence-corrected chi connectivity index (χ1v) is 23.3. The highest BCUT2D eigenvalue weighted by Crippen LogP contribution is 2.62. The molecule has 354 valence electrons. The Kier molecular flexibility index (Phi) is 15.3. The van der Waals surface area contributed by atoms with Gasteiger partial charge in [-0.2, -0.15) is 0 Å². The summed E-state index contributed by atoms with van der Waals surface area (Å²) in [6.07, 6.45) is 8.28. The summed E-state index contributed by atoms with van der Waals surface area (Å²) in [5, 5.41) is 38.3. The predicted molar refractivity (Wildman–Crippen MR) is 257 cm³/mol. The lowest BCUT2D eigenvalue weighted by molar-refractivity contribution is -0.384. The Labute approximate surface area is 395 Å². The molecular weight excluding hydrogens is 867 g/mol. The molecule has 68 heavy (non-hydrogen) atoms. The third kappa shape index (κ3) is 10.0. The predicted octanol–water partition coefficient (Wildman–Crippen LogP) is 10.7. The number of unbranched alkanes of at least 4 members (excludes halogenated alkanes) is 2. The fourth-order valence-corrected chi connectivity index (χ4v) is 10.4. The molecule has 2 aliphatic carbocycles. The van der Waals surface area contributed by atoms with Crippen LogP contribution in [0.5, 0.6) is 23.0 Å². The third-order valence-corrected chi connectivity index (χ3v) is 13.3. The summed E-state index contributed by atoms with van der Waals surface area (Å²) in [6.45, 7) is 6.37. The van der Waals surface area contributed by atoms with Crippen LogP contribution >= 0.6 is 0 Å². The molecule has 1 heterocycles. The van der Waals surface area contributed by atoms with E-state index in [-0.39, 0.29) is 68.6 Å². The van der Waals surface area contributed by atoms with Crippen molar-refractivity contribution in [3.05, 3.63) is 160 Å². The summed E-state index contributed by atoms with van der Waals surface area (Å²) in [4.78, 5) is 45.6. The molecule has 2 N–H and O–H groups in total. The molecule has 1 amide bonds. The SMILES string of the molecule is C=CCO[C@@]12Oc3ccc(Oc4cccc(C=O)c4)cc3[C@H]3[C@H](CCCCO)[C@@H](CCCCO)C=C(C(=NOCC)C[C@@H]1N(Cc1cccc4ccccc14)C(=O)Oc1ccc([N+](=O)[O-])cc1)[C@H]32. The Balaban J connectivity index is 1.35. The molecule has 0 spiro atoms. The van der Waals surface area contributed by atoms with Crippen LogP contribution in [-0.2, 0) is 16.1 Å². The number of carbonyl (C=O) groups is 2.